The Morgan fingerprint density at radius 2 is 2.26 bits per heavy atom. The van der Waals surface area contributed by atoms with Crippen LogP contribution < -0.4 is 5.32 Å². The molecule has 2 aliphatic heterocycles. The van der Waals surface area contributed by atoms with Crippen LogP contribution in [0.1, 0.15) is 37.2 Å². The molecule has 2 atom stereocenters. The van der Waals surface area contributed by atoms with Gasteiger partial charge in [-0.05, 0) is 38.1 Å². The molecule has 2 aliphatic rings. The van der Waals surface area contributed by atoms with Crippen molar-refractivity contribution < 1.29 is 9.15 Å². The fraction of sp³-hybridized carbons (Fsp3) is 0.636. The number of nitrogens with one attached hydrogen (secondary N) is 1. The number of likely N-dealkylation sites (tertiary alicyclic amines) is 1. The van der Waals surface area contributed by atoms with Crippen molar-refractivity contribution in [1.29, 1.82) is 0 Å². The summed E-state index contributed by atoms with van der Waals surface area (Å²) < 4.78 is 13.3. The van der Waals surface area contributed by atoms with Gasteiger partial charge in [0.1, 0.15) is 11.9 Å². The maximum absolute atomic E-state index is 6.03. The number of hydrogen-bond donors (Lipinski definition) is 1. The van der Waals surface area contributed by atoms with E-state index in [-0.39, 0.29) is 30.1 Å². The molecule has 172 valence electrons. The lowest BCUT2D eigenvalue weighted by atomic mass is 10.1. The van der Waals surface area contributed by atoms with E-state index < -0.39 is 0 Å². The largest absolute Gasteiger partial charge is 0.469 e. The molecule has 2 fully saturated rings. The smallest absolute Gasteiger partial charge is 0.194 e. The van der Waals surface area contributed by atoms with E-state index >= 15 is 0 Å². The first-order chi connectivity index (χ1) is 14.7. The number of likely N-dealkylation sites (N-methyl/N-ethyl adjacent to an activating group) is 1. The van der Waals surface area contributed by atoms with Crippen LogP contribution in [0.15, 0.2) is 40.2 Å². The number of hydrogen-bond acceptors (Lipinski definition) is 5. The van der Waals surface area contributed by atoms with Gasteiger partial charge in [-0.2, -0.15) is 5.10 Å². The summed E-state index contributed by atoms with van der Waals surface area (Å²) in [6.07, 6.45) is 9.02. The molecule has 0 amide bonds. The highest BCUT2D eigenvalue weighted by atomic mass is 127. The van der Waals surface area contributed by atoms with Crippen LogP contribution in [0.2, 0.25) is 0 Å². The number of ether oxygens (including phenoxy) is 1. The minimum absolute atomic E-state index is 0. The third-order valence-electron chi connectivity index (χ3n) is 6.05. The quantitative estimate of drug-likeness (QED) is 0.330. The maximum atomic E-state index is 6.03. The third kappa shape index (κ3) is 6.45. The minimum Gasteiger partial charge on any atom is -0.469 e. The van der Waals surface area contributed by atoms with E-state index in [4.69, 9.17) is 14.1 Å². The summed E-state index contributed by atoms with van der Waals surface area (Å²) in [5.74, 6) is 1.96. The normalized spacial score (nSPS) is 22.5. The van der Waals surface area contributed by atoms with Crippen molar-refractivity contribution >= 4 is 29.9 Å². The molecule has 2 aromatic rings. The van der Waals surface area contributed by atoms with Crippen LogP contribution in [-0.2, 0) is 18.2 Å². The first kappa shape index (κ1) is 24.1. The zero-order valence-corrected chi connectivity index (χ0v) is 20.9. The highest BCUT2D eigenvalue weighted by molar-refractivity contribution is 14.0. The molecule has 2 saturated heterocycles. The molecule has 0 radical (unpaired) electrons. The van der Waals surface area contributed by atoms with Crippen LogP contribution in [0.25, 0.3) is 0 Å². The van der Waals surface area contributed by atoms with Gasteiger partial charge in [0.15, 0.2) is 5.96 Å². The molecule has 4 rings (SSSR count). The Hall–Kier alpha value is -1.59. The van der Waals surface area contributed by atoms with Crippen molar-refractivity contribution in [2.75, 3.05) is 45.9 Å². The fourth-order valence-electron chi connectivity index (χ4n) is 4.38. The van der Waals surface area contributed by atoms with Crippen LogP contribution in [0.3, 0.4) is 0 Å². The average Bonchev–Trinajstić information content (AvgIpc) is 3.52. The van der Waals surface area contributed by atoms with Crippen LogP contribution in [0, 0.1) is 0 Å². The average molecular weight is 542 g/mol. The maximum Gasteiger partial charge on any atom is 0.194 e. The minimum atomic E-state index is 0. The SMILES string of the molecule is CCN1CCCC1CN=C(NCCc1ccco1)N1CCOC(c2cnn(C)c2)C1.I. The second-order valence-corrected chi connectivity index (χ2v) is 8.10. The molecule has 0 aromatic carbocycles. The van der Waals surface area contributed by atoms with Crippen molar-refractivity contribution in [3.63, 3.8) is 0 Å². The van der Waals surface area contributed by atoms with Crippen molar-refractivity contribution in [2.45, 2.75) is 38.3 Å². The number of aromatic nitrogens is 2. The lowest BCUT2D eigenvalue weighted by Gasteiger charge is -2.35. The number of guanidine groups is 1. The Bertz CT molecular complexity index is 809. The molecular formula is C22H35IN6O2. The fourth-order valence-corrected chi connectivity index (χ4v) is 4.38. The van der Waals surface area contributed by atoms with Crippen LogP contribution >= 0.6 is 24.0 Å². The number of halogens is 1. The van der Waals surface area contributed by atoms with Crippen LogP contribution in [0.5, 0.6) is 0 Å². The van der Waals surface area contributed by atoms with Gasteiger partial charge in [0, 0.05) is 44.4 Å². The summed E-state index contributed by atoms with van der Waals surface area (Å²) in [7, 11) is 1.94. The summed E-state index contributed by atoms with van der Waals surface area (Å²) in [5.41, 5.74) is 1.12. The highest BCUT2D eigenvalue weighted by Gasteiger charge is 2.27. The Morgan fingerprint density at radius 1 is 1.35 bits per heavy atom. The molecule has 31 heavy (non-hydrogen) atoms. The molecule has 8 nitrogen and oxygen atoms in total. The van der Waals surface area contributed by atoms with Gasteiger partial charge < -0.3 is 19.4 Å². The lowest BCUT2D eigenvalue weighted by molar-refractivity contribution is -0.00809. The number of nitrogens with zero attached hydrogens (tertiary/aromatic N) is 5. The lowest BCUT2D eigenvalue weighted by Crippen LogP contribution is -2.49. The number of furan rings is 1. The first-order valence-electron chi connectivity index (χ1n) is 11.1. The monoisotopic (exact) mass is 542 g/mol. The van der Waals surface area contributed by atoms with Crippen molar-refractivity contribution in [3.05, 3.63) is 42.1 Å². The molecular weight excluding hydrogens is 507 g/mol. The van der Waals surface area contributed by atoms with E-state index in [1.165, 1.54) is 19.4 Å². The van der Waals surface area contributed by atoms with E-state index in [1.807, 2.05) is 36.3 Å². The van der Waals surface area contributed by atoms with E-state index in [2.05, 4.69) is 27.1 Å². The van der Waals surface area contributed by atoms with Gasteiger partial charge in [-0.25, -0.2) is 0 Å². The van der Waals surface area contributed by atoms with E-state index in [0.717, 1.165) is 56.4 Å². The Kier molecular flexibility index (Phi) is 9.21. The second kappa shape index (κ2) is 11.9. The van der Waals surface area contributed by atoms with Gasteiger partial charge in [0.25, 0.3) is 0 Å². The van der Waals surface area contributed by atoms with Gasteiger partial charge in [-0.15, -0.1) is 24.0 Å². The van der Waals surface area contributed by atoms with Gasteiger partial charge in [-0.1, -0.05) is 6.92 Å². The van der Waals surface area contributed by atoms with Crippen molar-refractivity contribution in [3.8, 4) is 0 Å². The molecule has 1 N–H and O–H groups in total. The zero-order valence-electron chi connectivity index (χ0n) is 18.6. The highest BCUT2D eigenvalue weighted by Crippen LogP contribution is 2.22. The predicted octanol–water partition coefficient (Wildman–Crippen LogP) is 2.68. The van der Waals surface area contributed by atoms with Gasteiger partial charge in [-0.3, -0.25) is 14.6 Å². The Balaban J connectivity index is 0.00000272. The van der Waals surface area contributed by atoms with Gasteiger partial charge >= 0.3 is 0 Å². The standard InChI is InChI=1S/C22H34N6O2.HI/c1-3-27-10-4-6-19(27)15-24-22(23-9-8-20-7-5-12-29-20)28-11-13-30-21(17-28)18-14-25-26(2)16-18;/h5,7,12,14,16,19,21H,3-4,6,8-11,13,15,17H2,1-2H3,(H,23,24);1H. The Morgan fingerprint density at radius 3 is 3.00 bits per heavy atom. The second-order valence-electron chi connectivity index (χ2n) is 8.10. The summed E-state index contributed by atoms with van der Waals surface area (Å²) in [6.45, 7) is 8.47. The molecule has 0 bridgehead atoms. The van der Waals surface area contributed by atoms with Crippen molar-refractivity contribution in [1.82, 2.24) is 24.9 Å². The third-order valence-corrected chi connectivity index (χ3v) is 6.05. The predicted molar refractivity (Wildman–Crippen MR) is 132 cm³/mol. The Labute approximate surface area is 202 Å². The summed E-state index contributed by atoms with van der Waals surface area (Å²) in [5, 5.41) is 7.89. The number of aryl methyl sites for hydroxylation is 1. The summed E-state index contributed by atoms with van der Waals surface area (Å²) in [4.78, 5) is 9.93. The molecule has 0 spiro atoms. The molecule has 0 aliphatic carbocycles. The molecule has 2 aromatic heterocycles. The number of rotatable bonds is 7. The first-order valence-corrected chi connectivity index (χ1v) is 11.1. The molecule has 2 unspecified atom stereocenters. The molecule has 9 heteroatoms. The number of morpholine rings is 1. The van der Waals surface area contributed by atoms with E-state index in [0.29, 0.717) is 12.6 Å². The van der Waals surface area contributed by atoms with E-state index in [1.54, 1.807) is 6.26 Å². The summed E-state index contributed by atoms with van der Waals surface area (Å²) >= 11 is 0. The van der Waals surface area contributed by atoms with Gasteiger partial charge in [0.2, 0.25) is 0 Å². The van der Waals surface area contributed by atoms with Crippen LogP contribution in [0.4, 0.5) is 0 Å². The molecule has 4 heterocycles. The topological polar surface area (TPSA) is 71.1 Å². The number of aliphatic imine (C=N–C) groups is 1. The zero-order chi connectivity index (χ0) is 20.8. The molecule has 0 saturated carbocycles. The summed E-state index contributed by atoms with van der Waals surface area (Å²) in [6, 6.07) is 4.50. The van der Waals surface area contributed by atoms with Gasteiger partial charge in [0.05, 0.1) is 32.2 Å². The van der Waals surface area contributed by atoms with E-state index in [9.17, 15) is 0 Å². The van der Waals surface area contributed by atoms with Crippen molar-refractivity contribution in [2.24, 2.45) is 12.0 Å². The van der Waals surface area contributed by atoms with Crippen LogP contribution in [-0.4, -0.2) is 77.5 Å².